The summed E-state index contributed by atoms with van der Waals surface area (Å²) >= 11 is 0. The van der Waals surface area contributed by atoms with Crippen molar-refractivity contribution in [3.63, 3.8) is 0 Å². The van der Waals surface area contributed by atoms with Gasteiger partial charge in [-0.25, -0.2) is 0 Å². The summed E-state index contributed by atoms with van der Waals surface area (Å²) in [6, 6.07) is 0.386. The van der Waals surface area contributed by atoms with E-state index in [1.165, 1.54) is 25.7 Å². The number of fused-ring (bicyclic) bond motifs is 1. The Morgan fingerprint density at radius 3 is 2.63 bits per heavy atom. The number of rotatable bonds is 4. The minimum absolute atomic E-state index is 0.0121. The summed E-state index contributed by atoms with van der Waals surface area (Å²) in [5.74, 6) is -0.151. The number of carboxylic acid groups (broad SMARTS) is 1. The zero-order chi connectivity index (χ0) is 13.5. The number of hydrogen-bond acceptors (Lipinski definition) is 3. The third-order valence-corrected chi connectivity index (χ3v) is 5.09. The van der Waals surface area contributed by atoms with Crippen LogP contribution in [0.2, 0.25) is 0 Å². The average Bonchev–Trinajstić information content (AvgIpc) is 3.07. The summed E-state index contributed by atoms with van der Waals surface area (Å²) in [6.07, 6.45) is 7.21. The lowest BCUT2D eigenvalue weighted by molar-refractivity contribution is -0.143. The maximum atomic E-state index is 12.1. The first-order valence-electron chi connectivity index (χ1n) is 7.38. The van der Waals surface area contributed by atoms with Crippen molar-refractivity contribution in [3.8, 4) is 0 Å². The molecular formula is C14H22N2O3. The number of carbonyl (C=O) groups is 2. The predicted molar refractivity (Wildman–Crippen MR) is 69.6 cm³/mol. The van der Waals surface area contributed by atoms with E-state index in [-0.39, 0.29) is 18.5 Å². The molecule has 0 radical (unpaired) electrons. The summed E-state index contributed by atoms with van der Waals surface area (Å²) in [7, 11) is 0. The van der Waals surface area contributed by atoms with Crippen LogP contribution in [0.3, 0.4) is 0 Å². The van der Waals surface area contributed by atoms with Gasteiger partial charge in [0.15, 0.2) is 0 Å². The number of carboxylic acids is 1. The quantitative estimate of drug-likeness (QED) is 0.706. The first-order valence-corrected chi connectivity index (χ1v) is 7.38. The van der Waals surface area contributed by atoms with Crippen molar-refractivity contribution in [2.45, 2.75) is 57.0 Å². The van der Waals surface area contributed by atoms with Crippen molar-refractivity contribution in [2.24, 2.45) is 11.3 Å². The van der Waals surface area contributed by atoms with Gasteiger partial charge < -0.3 is 15.7 Å². The van der Waals surface area contributed by atoms with Crippen molar-refractivity contribution in [3.05, 3.63) is 0 Å². The molecule has 3 rings (SSSR count). The number of carbonyl (C=O) groups excluding carboxylic acids is 1. The maximum absolute atomic E-state index is 12.1. The molecule has 3 fully saturated rings. The minimum atomic E-state index is -0.777. The third kappa shape index (κ3) is 2.48. The van der Waals surface area contributed by atoms with Gasteiger partial charge in [0, 0.05) is 12.6 Å². The Labute approximate surface area is 113 Å². The number of hydrogen-bond donors (Lipinski definition) is 3. The van der Waals surface area contributed by atoms with Crippen LogP contribution in [0.25, 0.3) is 0 Å². The molecule has 5 nitrogen and oxygen atoms in total. The summed E-state index contributed by atoms with van der Waals surface area (Å²) in [5.41, 5.74) is -0.666. The van der Waals surface area contributed by atoms with Crippen LogP contribution in [0.4, 0.5) is 0 Å². The largest absolute Gasteiger partial charge is 0.481 e. The van der Waals surface area contributed by atoms with Crippen molar-refractivity contribution in [2.75, 3.05) is 6.54 Å². The van der Waals surface area contributed by atoms with E-state index in [2.05, 4.69) is 10.6 Å². The lowest BCUT2D eigenvalue weighted by Gasteiger charge is -2.24. The lowest BCUT2D eigenvalue weighted by Crippen LogP contribution is -2.45. The van der Waals surface area contributed by atoms with E-state index in [9.17, 15) is 9.59 Å². The van der Waals surface area contributed by atoms with Gasteiger partial charge in [-0.15, -0.1) is 0 Å². The van der Waals surface area contributed by atoms with Crippen LogP contribution >= 0.6 is 0 Å². The first-order chi connectivity index (χ1) is 9.11. The Morgan fingerprint density at radius 2 is 2.00 bits per heavy atom. The first kappa shape index (κ1) is 12.9. The van der Waals surface area contributed by atoms with Crippen LogP contribution in [0.5, 0.6) is 0 Å². The minimum Gasteiger partial charge on any atom is -0.481 e. The van der Waals surface area contributed by atoms with E-state index < -0.39 is 11.4 Å². The second kappa shape index (κ2) is 4.78. The predicted octanol–water partition coefficient (Wildman–Crippen LogP) is 0.888. The number of nitrogens with one attached hydrogen (secondary N) is 2. The zero-order valence-corrected chi connectivity index (χ0v) is 11.2. The van der Waals surface area contributed by atoms with E-state index in [4.69, 9.17) is 5.11 Å². The van der Waals surface area contributed by atoms with E-state index >= 15 is 0 Å². The second-order valence-corrected chi connectivity index (χ2v) is 6.41. The standard InChI is InChI=1S/C14H22N2O3/c17-12(15-8-14(5-6-14)13(18)19)11-7-9-3-1-2-4-10(9)16-11/h9-11,16H,1-8H2,(H,15,17)(H,18,19). The molecule has 0 bridgehead atoms. The summed E-state index contributed by atoms with van der Waals surface area (Å²) in [4.78, 5) is 23.2. The van der Waals surface area contributed by atoms with Gasteiger partial charge in [-0.05, 0) is 38.0 Å². The molecule has 0 spiro atoms. The number of aliphatic carboxylic acids is 1. The highest BCUT2D eigenvalue weighted by Crippen LogP contribution is 2.45. The molecule has 1 saturated heterocycles. The Kier molecular flexibility index (Phi) is 3.25. The molecule has 1 heterocycles. The van der Waals surface area contributed by atoms with Crippen LogP contribution in [0.15, 0.2) is 0 Å². The van der Waals surface area contributed by atoms with E-state index in [1.54, 1.807) is 0 Å². The van der Waals surface area contributed by atoms with Gasteiger partial charge in [-0.1, -0.05) is 12.8 Å². The van der Waals surface area contributed by atoms with Crippen molar-refractivity contribution >= 4 is 11.9 Å². The summed E-state index contributed by atoms with van der Waals surface area (Å²) < 4.78 is 0. The van der Waals surface area contributed by atoms with Gasteiger partial charge in [-0.2, -0.15) is 0 Å². The summed E-state index contributed by atoms with van der Waals surface area (Å²) in [5, 5.41) is 15.3. The molecule has 1 aliphatic heterocycles. The summed E-state index contributed by atoms with van der Waals surface area (Å²) in [6.45, 7) is 0.286. The molecule has 5 heteroatoms. The molecule has 3 atom stereocenters. The van der Waals surface area contributed by atoms with E-state index in [0.717, 1.165) is 6.42 Å². The van der Waals surface area contributed by atoms with Gasteiger partial charge >= 0.3 is 5.97 Å². The smallest absolute Gasteiger partial charge is 0.311 e. The Bertz CT molecular complexity index is 378. The van der Waals surface area contributed by atoms with Crippen molar-refractivity contribution in [1.82, 2.24) is 10.6 Å². The van der Waals surface area contributed by atoms with Gasteiger partial charge in [0.25, 0.3) is 0 Å². The molecule has 0 aromatic heterocycles. The van der Waals surface area contributed by atoms with Crippen LogP contribution in [-0.4, -0.2) is 35.6 Å². The highest BCUT2D eigenvalue weighted by atomic mass is 16.4. The molecule has 2 saturated carbocycles. The van der Waals surface area contributed by atoms with Gasteiger partial charge in [0.05, 0.1) is 11.5 Å². The molecule has 0 aromatic rings. The second-order valence-electron chi connectivity index (χ2n) is 6.41. The SMILES string of the molecule is O=C(NCC1(C(=O)O)CC1)C1CC2CCCCC2N1. The topological polar surface area (TPSA) is 78.4 Å². The molecule has 3 aliphatic rings. The Morgan fingerprint density at radius 1 is 1.26 bits per heavy atom. The fourth-order valence-electron chi connectivity index (χ4n) is 3.52. The molecule has 3 unspecified atom stereocenters. The zero-order valence-electron chi connectivity index (χ0n) is 11.2. The molecular weight excluding hydrogens is 244 g/mol. The molecule has 0 aromatic carbocycles. The van der Waals surface area contributed by atoms with Gasteiger partial charge in [0.1, 0.15) is 0 Å². The molecule has 3 N–H and O–H groups in total. The Balaban J connectivity index is 1.50. The highest BCUT2D eigenvalue weighted by Gasteiger charge is 2.50. The molecule has 1 amide bonds. The van der Waals surface area contributed by atoms with Gasteiger partial charge in [-0.3, -0.25) is 9.59 Å². The fourth-order valence-corrected chi connectivity index (χ4v) is 3.52. The van der Waals surface area contributed by atoms with Crippen LogP contribution in [0, 0.1) is 11.3 Å². The van der Waals surface area contributed by atoms with Crippen LogP contribution in [0.1, 0.15) is 44.9 Å². The number of amides is 1. The van der Waals surface area contributed by atoms with Crippen LogP contribution in [-0.2, 0) is 9.59 Å². The normalized spacial score (nSPS) is 35.5. The molecule has 2 aliphatic carbocycles. The van der Waals surface area contributed by atoms with Crippen molar-refractivity contribution < 1.29 is 14.7 Å². The average molecular weight is 266 g/mol. The molecule has 106 valence electrons. The van der Waals surface area contributed by atoms with Gasteiger partial charge in [0.2, 0.25) is 5.91 Å². The molecule has 19 heavy (non-hydrogen) atoms. The highest BCUT2D eigenvalue weighted by molar-refractivity contribution is 5.84. The Hall–Kier alpha value is -1.10. The van der Waals surface area contributed by atoms with Crippen molar-refractivity contribution in [1.29, 1.82) is 0 Å². The maximum Gasteiger partial charge on any atom is 0.311 e. The van der Waals surface area contributed by atoms with Crippen LogP contribution < -0.4 is 10.6 Å². The van der Waals surface area contributed by atoms with E-state index in [0.29, 0.717) is 24.8 Å². The van der Waals surface area contributed by atoms with E-state index in [1.807, 2.05) is 0 Å². The monoisotopic (exact) mass is 266 g/mol. The lowest BCUT2D eigenvalue weighted by atomic mass is 9.85. The third-order valence-electron chi connectivity index (χ3n) is 5.09. The fraction of sp³-hybridized carbons (Fsp3) is 0.857.